The number of aliphatic hydroxyl groups excluding tert-OH is 1. The van der Waals surface area contributed by atoms with Crippen molar-refractivity contribution in [2.45, 2.75) is 29.9 Å². The van der Waals surface area contributed by atoms with Gasteiger partial charge in [-0.15, -0.1) is 0 Å². The summed E-state index contributed by atoms with van der Waals surface area (Å²) in [6.45, 7) is 2.23. The number of hydrogen-bond donors (Lipinski definition) is 2. The SMILES string of the molecule is COc1ccc2c(c1)C(N)C(SC(C)CO)C2. The number of rotatable bonds is 4. The summed E-state index contributed by atoms with van der Waals surface area (Å²) in [6, 6.07) is 6.15. The van der Waals surface area contributed by atoms with E-state index >= 15 is 0 Å². The molecule has 3 nitrogen and oxygen atoms in total. The molecular formula is C13H19NO2S. The highest BCUT2D eigenvalue weighted by Crippen LogP contribution is 2.39. The van der Waals surface area contributed by atoms with Crippen LogP contribution in [0.4, 0.5) is 0 Å². The molecule has 0 bridgehead atoms. The predicted molar refractivity (Wildman–Crippen MR) is 71.6 cm³/mol. The molecule has 0 saturated heterocycles. The number of benzene rings is 1. The number of aliphatic hydroxyl groups is 1. The molecule has 3 atom stereocenters. The summed E-state index contributed by atoms with van der Waals surface area (Å²) in [7, 11) is 1.67. The molecule has 2 rings (SSSR count). The van der Waals surface area contributed by atoms with Crippen LogP contribution < -0.4 is 10.5 Å². The Hall–Kier alpha value is -0.710. The summed E-state index contributed by atoms with van der Waals surface area (Å²) in [4.78, 5) is 0. The first-order chi connectivity index (χ1) is 8.15. The van der Waals surface area contributed by atoms with Gasteiger partial charge in [-0.25, -0.2) is 0 Å². The van der Waals surface area contributed by atoms with E-state index in [2.05, 4.69) is 6.07 Å². The molecule has 1 aromatic rings. The minimum absolute atomic E-state index is 0.0408. The molecule has 3 unspecified atom stereocenters. The maximum atomic E-state index is 9.10. The Kier molecular flexibility index (Phi) is 3.97. The smallest absolute Gasteiger partial charge is 0.119 e. The monoisotopic (exact) mass is 253 g/mol. The van der Waals surface area contributed by atoms with Gasteiger partial charge in [-0.2, -0.15) is 11.8 Å². The second kappa shape index (κ2) is 5.29. The molecule has 0 aliphatic heterocycles. The molecular weight excluding hydrogens is 234 g/mol. The molecule has 4 heteroatoms. The predicted octanol–water partition coefficient (Wildman–Crippen LogP) is 1.73. The number of ether oxygens (including phenoxy) is 1. The van der Waals surface area contributed by atoms with Gasteiger partial charge in [0, 0.05) is 16.5 Å². The molecule has 0 fully saturated rings. The first kappa shape index (κ1) is 12.7. The summed E-state index contributed by atoms with van der Waals surface area (Å²) >= 11 is 1.77. The van der Waals surface area contributed by atoms with Crippen molar-refractivity contribution < 1.29 is 9.84 Å². The van der Waals surface area contributed by atoms with Gasteiger partial charge >= 0.3 is 0 Å². The van der Waals surface area contributed by atoms with E-state index in [1.54, 1.807) is 18.9 Å². The molecule has 1 aromatic carbocycles. The molecule has 0 saturated carbocycles. The first-order valence-electron chi connectivity index (χ1n) is 5.84. The second-order valence-electron chi connectivity index (χ2n) is 4.46. The third-order valence-corrected chi connectivity index (χ3v) is 4.62. The molecule has 0 spiro atoms. The summed E-state index contributed by atoms with van der Waals surface area (Å²) in [6.07, 6.45) is 0.982. The highest BCUT2D eigenvalue weighted by Gasteiger charge is 2.31. The van der Waals surface area contributed by atoms with Crippen LogP contribution in [0, 0.1) is 0 Å². The van der Waals surface area contributed by atoms with Crippen molar-refractivity contribution in [3.8, 4) is 5.75 Å². The van der Waals surface area contributed by atoms with Crippen LogP contribution in [0.2, 0.25) is 0 Å². The molecule has 3 N–H and O–H groups in total. The molecule has 94 valence electrons. The third kappa shape index (κ3) is 2.59. The van der Waals surface area contributed by atoms with Gasteiger partial charge in [0.1, 0.15) is 5.75 Å². The van der Waals surface area contributed by atoms with Crippen LogP contribution in [-0.4, -0.2) is 29.3 Å². The Balaban J connectivity index is 2.15. The van der Waals surface area contributed by atoms with Crippen molar-refractivity contribution in [1.29, 1.82) is 0 Å². The number of fused-ring (bicyclic) bond motifs is 1. The molecule has 1 aliphatic rings. The van der Waals surface area contributed by atoms with Crippen LogP contribution in [0.25, 0.3) is 0 Å². The largest absolute Gasteiger partial charge is 0.497 e. The third-order valence-electron chi connectivity index (χ3n) is 3.20. The van der Waals surface area contributed by atoms with Crippen molar-refractivity contribution in [2.24, 2.45) is 5.73 Å². The average molecular weight is 253 g/mol. The Labute approximate surface area is 106 Å². The van der Waals surface area contributed by atoms with Gasteiger partial charge in [-0.1, -0.05) is 13.0 Å². The highest BCUT2D eigenvalue weighted by atomic mass is 32.2. The fraction of sp³-hybridized carbons (Fsp3) is 0.538. The van der Waals surface area contributed by atoms with E-state index in [1.165, 1.54) is 11.1 Å². The maximum Gasteiger partial charge on any atom is 0.119 e. The lowest BCUT2D eigenvalue weighted by Gasteiger charge is -2.18. The summed E-state index contributed by atoms with van der Waals surface area (Å²) in [5.41, 5.74) is 8.75. The molecule has 0 amide bonds. The van der Waals surface area contributed by atoms with Crippen molar-refractivity contribution in [2.75, 3.05) is 13.7 Å². The molecule has 17 heavy (non-hydrogen) atoms. The molecule has 0 aromatic heterocycles. The molecule has 0 radical (unpaired) electrons. The van der Waals surface area contributed by atoms with Gasteiger partial charge in [0.05, 0.1) is 13.7 Å². The highest BCUT2D eigenvalue weighted by molar-refractivity contribution is 8.00. The van der Waals surface area contributed by atoms with Crippen molar-refractivity contribution in [1.82, 2.24) is 0 Å². The van der Waals surface area contributed by atoms with E-state index in [0.717, 1.165) is 12.2 Å². The van der Waals surface area contributed by atoms with E-state index in [9.17, 15) is 0 Å². The fourth-order valence-corrected chi connectivity index (χ4v) is 3.49. The van der Waals surface area contributed by atoms with Crippen LogP contribution >= 0.6 is 11.8 Å². The van der Waals surface area contributed by atoms with Crippen LogP contribution in [0.3, 0.4) is 0 Å². The zero-order chi connectivity index (χ0) is 12.4. The number of methoxy groups -OCH3 is 1. The van der Waals surface area contributed by atoms with Crippen LogP contribution in [0.1, 0.15) is 24.1 Å². The van der Waals surface area contributed by atoms with Crippen molar-refractivity contribution in [3.05, 3.63) is 29.3 Å². The lowest BCUT2D eigenvalue weighted by Crippen LogP contribution is -2.22. The Morgan fingerprint density at radius 1 is 1.59 bits per heavy atom. The van der Waals surface area contributed by atoms with Gasteiger partial charge in [0.25, 0.3) is 0 Å². The summed E-state index contributed by atoms with van der Waals surface area (Å²) < 4.78 is 5.22. The summed E-state index contributed by atoms with van der Waals surface area (Å²) in [5, 5.41) is 9.70. The Morgan fingerprint density at radius 3 is 3.00 bits per heavy atom. The minimum Gasteiger partial charge on any atom is -0.497 e. The lowest BCUT2D eigenvalue weighted by molar-refractivity contribution is 0.299. The zero-order valence-corrected chi connectivity index (χ0v) is 11.0. The number of nitrogens with two attached hydrogens (primary N) is 1. The van der Waals surface area contributed by atoms with Gasteiger partial charge in [-0.05, 0) is 29.7 Å². The van der Waals surface area contributed by atoms with E-state index in [-0.39, 0.29) is 17.9 Å². The summed E-state index contributed by atoms with van der Waals surface area (Å²) in [5.74, 6) is 0.861. The van der Waals surface area contributed by atoms with Crippen LogP contribution in [-0.2, 0) is 6.42 Å². The average Bonchev–Trinajstić information content (AvgIpc) is 2.66. The van der Waals surface area contributed by atoms with Crippen LogP contribution in [0.5, 0.6) is 5.75 Å². The quantitative estimate of drug-likeness (QED) is 0.858. The van der Waals surface area contributed by atoms with Crippen LogP contribution in [0.15, 0.2) is 18.2 Å². The van der Waals surface area contributed by atoms with Gasteiger partial charge < -0.3 is 15.6 Å². The van der Waals surface area contributed by atoms with Crippen molar-refractivity contribution in [3.63, 3.8) is 0 Å². The molecule has 1 aliphatic carbocycles. The maximum absolute atomic E-state index is 9.10. The Morgan fingerprint density at radius 2 is 2.35 bits per heavy atom. The van der Waals surface area contributed by atoms with Gasteiger partial charge in [-0.3, -0.25) is 0 Å². The minimum atomic E-state index is 0.0408. The van der Waals surface area contributed by atoms with E-state index in [1.807, 2.05) is 19.1 Å². The number of thioether (sulfide) groups is 1. The van der Waals surface area contributed by atoms with E-state index in [0.29, 0.717) is 5.25 Å². The van der Waals surface area contributed by atoms with Gasteiger partial charge in [0.2, 0.25) is 0 Å². The normalized spacial score (nSPS) is 24.5. The first-order valence-corrected chi connectivity index (χ1v) is 6.78. The second-order valence-corrected chi connectivity index (χ2v) is 6.14. The number of hydrogen-bond acceptors (Lipinski definition) is 4. The van der Waals surface area contributed by atoms with E-state index in [4.69, 9.17) is 15.6 Å². The fourth-order valence-electron chi connectivity index (χ4n) is 2.21. The van der Waals surface area contributed by atoms with Crippen molar-refractivity contribution >= 4 is 11.8 Å². The van der Waals surface area contributed by atoms with E-state index < -0.39 is 0 Å². The Bertz CT molecular complexity index is 397. The standard InChI is InChI=1S/C13H19NO2S/c1-8(7-15)17-12-5-9-3-4-10(16-2)6-11(9)13(12)14/h3-4,6,8,12-13,15H,5,7,14H2,1-2H3. The topological polar surface area (TPSA) is 55.5 Å². The zero-order valence-electron chi connectivity index (χ0n) is 10.2. The molecule has 0 heterocycles. The van der Waals surface area contributed by atoms with Gasteiger partial charge in [0.15, 0.2) is 0 Å². The lowest BCUT2D eigenvalue weighted by atomic mass is 10.1.